The van der Waals surface area contributed by atoms with Crippen molar-refractivity contribution in [2.24, 2.45) is 11.8 Å². The maximum atomic E-state index is 4.29. The molecule has 0 saturated carbocycles. The molecule has 5 heteroatoms. The van der Waals surface area contributed by atoms with E-state index in [0.717, 1.165) is 30.5 Å². The molecule has 2 unspecified atom stereocenters. The van der Waals surface area contributed by atoms with Crippen LogP contribution in [0.4, 0.5) is 0 Å². The minimum atomic E-state index is 0.612. The van der Waals surface area contributed by atoms with Crippen LogP contribution in [0.2, 0.25) is 0 Å². The molecule has 0 radical (unpaired) electrons. The second kappa shape index (κ2) is 7.21. The van der Waals surface area contributed by atoms with Crippen LogP contribution in [0, 0.1) is 11.8 Å². The first-order chi connectivity index (χ1) is 11.1. The molecule has 0 N–H and O–H groups in total. The zero-order valence-electron chi connectivity index (χ0n) is 14.4. The van der Waals surface area contributed by atoms with Crippen LogP contribution in [-0.2, 0) is 6.54 Å². The first-order valence-corrected chi connectivity index (χ1v) is 8.72. The molecule has 0 spiro atoms. The number of nitrogens with zero attached hydrogens (tertiary/aromatic N) is 5. The number of aromatic nitrogens is 4. The Balaban J connectivity index is 1.81. The second-order valence-electron chi connectivity index (χ2n) is 7.10. The molecule has 1 saturated heterocycles. The zero-order valence-corrected chi connectivity index (χ0v) is 14.4. The molecule has 23 heavy (non-hydrogen) atoms. The van der Waals surface area contributed by atoms with Gasteiger partial charge in [0.25, 0.3) is 0 Å². The molecule has 0 bridgehead atoms. The minimum absolute atomic E-state index is 0.612. The number of hydrogen-bond acceptors (Lipinski definition) is 4. The average Bonchev–Trinajstić information content (AvgIpc) is 2.92. The van der Waals surface area contributed by atoms with Crippen molar-refractivity contribution in [1.29, 1.82) is 0 Å². The largest absolute Gasteiger partial charge is 0.293 e. The van der Waals surface area contributed by atoms with E-state index in [1.165, 1.54) is 19.3 Å². The number of benzene rings is 1. The molecule has 2 aromatic rings. The molecule has 124 valence electrons. The van der Waals surface area contributed by atoms with E-state index >= 15 is 0 Å². The van der Waals surface area contributed by atoms with Gasteiger partial charge in [0.2, 0.25) is 0 Å². The van der Waals surface area contributed by atoms with Crippen molar-refractivity contribution in [3.05, 3.63) is 36.2 Å². The summed E-state index contributed by atoms with van der Waals surface area (Å²) in [5.41, 5.74) is 1.02. The van der Waals surface area contributed by atoms with Gasteiger partial charge in [0.15, 0.2) is 5.82 Å². The predicted octanol–water partition coefficient (Wildman–Crippen LogP) is 3.31. The summed E-state index contributed by atoms with van der Waals surface area (Å²) in [4.78, 5) is 2.58. The first-order valence-electron chi connectivity index (χ1n) is 8.72. The topological polar surface area (TPSA) is 46.8 Å². The monoisotopic (exact) mass is 313 g/mol. The number of likely N-dealkylation sites (tertiary alicyclic amines) is 1. The fourth-order valence-electron chi connectivity index (χ4n) is 3.54. The zero-order chi connectivity index (χ0) is 16.2. The fraction of sp³-hybridized carbons (Fsp3) is 0.611. The van der Waals surface area contributed by atoms with E-state index in [1.807, 2.05) is 35.0 Å². The van der Waals surface area contributed by atoms with Gasteiger partial charge in [-0.25, -0.2) is 0 Å². The second-order valence-corrected chi connectivity index (χ2v) is 7.10. The number of para-hydroxylation sites is 1. The fourth-order valence-corrected chi connectivity index (χ4v) is 3.54. The molecule has 1 aliphatic heterocycles. The van der Waals surface area contributed by atoms with Crippen LogP contribution >= 0.6 is 0 Å². The quantitative estimate of drug-likeness (QED) is 0.869. The predicted molar refractivity (Wildman–Crippen MR) is 91.2 cm³/mol. The molecule has 2 heterocycles. The summed E-state index contributed by atoms with van der Waals surface area (Å²) in [5, 5.41) is 12.4. The van der Waals surface area contributed by atoms with Crippen molar-refractivity contribution in [1.82, 2.24) is 25.1 Å². The summed E-state index contributed by atoms with van der Waals surface area (Å²) in [5.74, 6) is 2.39. The van der Waals surface area contributed by atoms with E-state index in [4.69, 9.17) is 0 Å². The van der Waals surface area contributed by atoms with Crippen molar-refractivity contribution in [2.45, 2.75) is 52.6 Å². The molecule has 0 aliphatic carbocycles. The highest BCUT2D eigenvalue weighted by Crippen LogP contribution is 2.27. The molecule has 1 aliphatic rings. The van der Waals surface area contributed by atoms with E-state index in [1.54, 1.807) is 0 Å². The third kappa shape index (κ3) is 3.78. The number of tetrazole rings is 1. The number of hydrogen-bond donors (Lipinski definition) is 0. The van der Waals surface area contributed by atoms with E-state index in [2.05, 4.69) is 41.2 Å². The highest BCUT2D eigenvalue weighted by molar-refractivity contribution is 5.30. The van der Waals surface area contributed by atoms with Gasteiger partial charge < -0.3 is 0 Å². The summed E-state index contributed by atoms with van der Waals surface area (Å²) in [7, 11) is 0. The summed E-state index contributed by atoms with van der Waals surface area (Å²) < 4.78 is 1.87. The van der Waals surface area contributed by atoms with Gasteiger partial charge in [-0.1, -0.05) is 39.0 Å². The Bertz CT molecular complexity index is 607. The van der Waals surface area contributed by atoms with Crippen LogP contribution in [0.15, 0.2) is 30.3 Å². The smallest absolute Gasteiger partial charge is 0.170 e. The van der Waals surface area contributed by atoms with Gasteiger partial charge >= 0.3 is 0 Å². The molecule has 2 atom stereocenters. The Morgan fingerprint density at radius 2 is 1.91 bits per heavy atom. The van der Waals surface area contributed by atoms with Crippen LogP contribution in [-0.4, -0.2) is 37.7 Å². The van der Waals surface area contributed by atoms with Gasteiger partial charge in [-0.05, 0) is 60.2 Å². The van der Waals surface area contributed by atoms with E-state index in [-0.39, 0.29) is 0 Å². The minimum Gasteiger partial charge on any atom is -0.293 e. The van der Waals surface area contributed by atoms with Gasteiger partial charge in [0.05, 0.1) is 12.2 Å². The molecule has 0 amide bonds. The van der Waals surface area contributed by atoms with Crippen molar-refractivity contribution < 1.29 is 0 Å². The molecule has 1 fully saturated rings. The lowest BCUT2D eigenvalue weighted by molar-refractivity contribution is 0.144. The summed E-state index contributed by atoms with van der Waals surface area (Å²) in [6.45, 7) is 8.97. The lowest BCUT2D eigenvalue weighted by Crippen LogP contribution is -2.38. The average molecular weight is 313 g/mol. The molecule has 1 aromatic carbocycles. The lowest BCUT2D eigenvalue weighted by Gasteiger charge is -2.32. The normalized spacial score (nSPS) is 23.1. The molecule has 1 aromatic heterocycles. The maximum absolute atomic E-state index is 4.29. The van der Waals surface area contributed by atoms with Crippen LogP contribution in [0.25, 0.3) is 5.69 Å². The lowest BCUT2D eigenvalue weighted by atomic mass is 9.95. The molecule has 3 rings (SSSR count). The first kappa shape index (κ1) is 16.1. The van der Waals surface area contributed by atoms with Gasteiger partial charge in [0, 0.05) is 6.04 Å². The van der Waals surface area contributed by atoms with Crippen LogP contribution in [0.3, 0.4) is 0 Å². The Labute approximate surface area is 138 Å². The summed E-state index contributed by atoms with van der Waals surface area (Å²) in [6.07, 6.45) is 3.85. The third-order valence-electron chi connectivity index (χ3n) is 4.98. The van der Waals surface area contributed by atoms with Gasteiger partial charge in [-0.2, -0.15) is 4.68 Å². The Morgan fingerprint density at radius 1 is 1.13 bits per heavy atom. The van der Waals surface area contributed by atoms with Crippen LogP contribution in [0.5, 0.6) is 0 Å². The summed E-state index contributed by atoms with van der Waals surface area (Å²) in [6, 6.07) is 10.8. The Morgan fingerprint density at radius 3 is 2.65 bits per heavy atom. The van der Waals surface area contributed by atoms with Crippen LogP contribution in [0.1, 0.15) is 45.9 Å². The van der Waals surface area contributed by atoms with E-state index < -0.39 is 0 Å². The van der Waals surface area contributed by atoms with Crippen molar-refractivity contribution in [2.75, 3.05) is 6.54 Å². The molecule has 5 nitrogen and oxygen atoms in total. The van der Waals surface area contributed by atoms with Crippen molar-refractivity contribution >= 4 is 0 Å². The van der Waals surface area contributed by atoms with Gasteiger partial charge in [-0.3, -0.25) is 4.90 Å². The summed E-state index contributed by atoms with van der Waals surface area (Å²) >= 11 is 0. The van der Waals surface area contributed by atoms with Crippen molar-refractivity contribution in [3.8, 4) is 5.69 Å². The molecular formula is C18H27N5. The van der Waals surface area contributed by atoms with E-state index in [9.17, 15) is 0 Å². The van der Waals surface area contributed by atoms with Gasteiger partial charge in [0.1, 0.15) is 0 Å². The highest BCUT2D eigenvalue weighted by Gasteiger charge is 2.27. The molecular weight excluding hydrogens is 286 g/mol. The van der Waals surface area contributed by atoms with Crippen molar-refractivity contribution in [3.63, 3.8) is 0 Å². The van der Waals surface area contributed by atoms with E-state index in [0.29, 0.717) is 12.0 Å². The highest BCUT2D eigenvalue weighted by atomic mass is 15.5. The Hall–Kier alpha value is -1.75. The number of rotatable bonds is 4. The standard InChI is InChI=1S/C18H27N5/c1-14(2)17-10-9-15(3)11-12-22(17)13-18-19-20-21-23(18)16-7-5-4-6-8-16/h4-8,14-15,17H,9-13H2,1-3H3. The Kier molecular flexibility index (Phi) is 5.06. The SMILES string of the molecule is CC1CCC(C(C)C)N(Cc2nnnn2-c2ccccc2)CC1. The van der Waals surface area contributed by atoms with Gasteiger partial charge in [-0.15, -0.1) is 5.10 Å². The van der Waals surface area contributed by atoms with Crippen LogP contribution < -0.4 is 0 Å². The third-order valence-corrected chi connectivity index (χ3v) is 4.98. The maximum Gasteiger partial charge on any atom is 0.170 e.